The van der Waals surface area contributed by atoms with Crippen LogP contribution >= 0.6 is 0 Å². The molecule has 0 aliphatic heterocycles. The molecule has 0 fully saturated rings. The second-order valence-corrected chi connectivity index (χ2v) is 22.5. The van der Waals surface area contributed by atoms with Crippen molar-refractivity contribution in [1.82, 2.24) is 0 Å². The number of benzene rings is 11. The molecule has 0 N–H and O–H groups in total. The molecule has 73 heavy (non-hydrogen) atoms. The Morgan fingerprint density at radius 2 is 0.644 bits per heavy atom. The van der Waals surface area contributed by atoms with Gasteiger partial charge in [0.1, 0.15) is 0 Å². The van der Waals surface area contributed by atoms with Crippen molar-refractivity contribution in [1.29, 1.82) is 0 Å². The van der Waals surface area contributed by atoms with Gasteiger partial charge in [-0.1, -0.05) is 242 Å². The largest absolute Gasteiger partial charge is 0.310 e. The summed E-state index contributed by atoms with van der Waals surface area (Å²) in [7, 11) is 0. The van der Waals surface area contributed by atoms with E-state index >= 15 is 0 Å². The van der Waals surface area contributed by atoms with Crippen molar-refractivity contribution < 1.29 is 0 Å². The molecule has 11 aromatic rings. The van der Waals surface area contributed by atoms with Gasteiger partial charge in [-0.05, 0) is 159 Å². The van der Waals surface area contributed by atoms with Gasteiger partial charge in [0, 0.05) is 17.1 Å². The molecule has 2 unspecified atom stereocenters. The van der Waals surface area contributed by atoms with Crippen molar-refractivity contribution >= 4 is 38.6 Å². The number of fused-ring (bicyclic) bond motifs is 8. The first kappa shape index (κ1) is 44.7. The first-order valence-electron chi connectivity index (χ1n) is 26.0. The van der Waals surface area contributed by atoms with E-state index in [1.54, 1.807) is 0 Å². The SMILES string of the molecule is CC(C)(C)c1ccc(C2(c3ccccc3)c3ccccc3-c3cc(N(c4ccc5ccccc5c4)c4ccc5cc6c(cc5c4)C(c4ccccc4)(c4ccc(C(C)(C)C)cc4)c4ccccc4-6)ccc32)cc1. The van der Waals surface area contributed by atoms with Gasteiger partial charge >= 0.3 is 0 Å². The lowest BCUT2D eigenvalue weighted by Gasteiger charge is -2.35. The number of hydrogen-bond acceptors (Lipinski definition) is 1. The average molecular weight is 938 g/mol. The molecule has 0 saturated heterocycles. The highest BCUT2D eigenvalue weighted by Gasteiger charge is 2.48. The predicted molar refractivity (Wildman–Crippen MR) is 308 cm³/mol. The molecule has 1 nitrogen and oxygen atoms in total. The molecule has 2 atom stereocenters. The second kappa shape index (κ2) is 16.7. The Labute approximate surface area is 431 Å². The first-order chi connectivity index (χ1) is 35.4. The van der Waals surface area contributed by atoms with Gasteiger partial charge in [0.25, 0.3) is 0 Å². The van der Waals surface area contributed by atoms with Crippen LogP contribution in [-0.2, 0) is 21.7 Å². The average Bonchev–Trinajstić information content (AvgIpc) is 3.89. The molecular formula is C72H59N. The summed E-state index contributed by atoms with van der Waals surface area (Å²) in [5.41, 5.74) is 20.5. The van der Waals surface area contributed by atoms with Crippen LogP contribution in [0.25, 0.3) is 43.8 Å². The van der Waals surface area contributed by atoms with E-state index in [9.17, 15) is 0 Å². The van der Waals surface area contributed by atoms with E-state index in [-0.39, 0.29) is 10.8 Å². The van der Waals surface area contributed by atoms with Gasteiger partial charge in [0.05, 0.1) is 10.8 Å². The minimum Gasteiger partial charge on any atom is -0.310 e. The first-order valence-corrected chi connectivity index (χ1v) is 26.0. The van der Waals surface area contributed by atoms with Gasteiger partial charge in [0.15, 0.2) is 0 Å². The third-order valence-corrected chi connectivity index (χ3v) is 16.3. The smallest absolute Gasteiger partial charge is 0.0713 e. The number of nitrogens with zero attached hydrogens (tertiary/aromatic N) is 1. The van der Waals surface area contributed by atoms with Gasteiger partial charge in [-0.25, -0.2) is 0 Å². The summed E-state index contributed by atoms with van der Waals surface area (Å²) < 4.78 is 0. The Balaban J connectivity index is 1.03. The second-order valence-electron chi connectivity index (χ2n) is 22.5. The third kappa shape index (κ3) is 6.89. The van der Waals surface area contributed by atoms with Gasteiger partial charge in [-0.2, -0.15) is 0 Å². The van der Waals surface area contributed by atoms with Crippen molar-refractivity contribution in [3.8, 4) is 22.3 Å². The zero-order valence-corrected chi connectivity index (χ0v) is 42.6. The quantitative estimate of drug-likeness (QED) is 0.154. The fraction of sp³-hybridized carbons (Fsp3) is 0.139. The van der Waals surface area contributed by atoms with Crippen LogP contribution in [0.15, 0.2) is 249 Å². The van der Waals surface area contributed by atoms with Gasteiger partial charge in [-0.3, -0.25) is 0 Å². The van der Waals surface area contributed by atoms with Crippen LogP contribution in [0.5, 0.6) is 0 Å². The van der Waals surface area contributed by atoms with Crippen LogP contribution in [0.1, 0.15) is 97.2 Å². The summed E-state index contributed by atoms with van der Waals surface area (Å²) in [5, 5.41) is 4.85. The summed E-state index contributed by atoms with van der Waals surface area (Å²) >= 11 is 0. The van der Waals surface area contributed by atoms with Crippen LogP contribution in [0.4, 0.5) is 17.1 Å². The molecule has 11 aromatic carbocycles. The Morgan fingerprint density at radius 1 is 0.260 bits per heavy atom. The lowest BCUT2D eigenvalue weighted by Crippen LogP contribution is -2.28. The highest BCUT2D eigenvalue weighted by Crippen LogP contribution is 2.59. The molecule has 0 aromatic heterocycles. The zero-order valence-electron chi connectivity index (χ0n) is 42.6. The van der Waals surface area contributed by atoms with Crippen molar-refractivity contribution in [2.75, 3.05) is 4.90 Å². The normalized spacial score (nSPS) is 16.7. The highest BCUT2D eigenvalue weighted by molar-refractivity contribution is 5.99. The topological polar surface area (TPSA) is 3.24 Å². The molecule has 0 saturated carbocycles. The van der Waals surface area contributed by atoms with Gasteiger partial charge < -0.3 is 4.90 Å². The molecule has 0 spiro atoms. The lowest BCUT2D eigenvalue weighted by molar-refractivity contribution is 0.589. The zero-order chi connectivity index (χ0) is 49.7. The number of rotatable bonds is 7. The van der Waals surface area contributed by atoms with Crippen molar-refractivity contribution in [2.45, 2.75) is 63.2 Å². The summed E-state index contributed by atoms with van der Waals surface area (Å²) in [6.45, 7) is 13.8. The van der Waals surface area contributed by atoms with Crippen LogP contribution in [-0.4, -0.2) is 0 Å². The van der Waals surface area contributed by atoms with Gasteiger partial charge in [0.2, 0.25) is 0 Å². The molecule has 2 aliphatic carbocycles. The Morgan fingerprint density at radius 3 is 1.19 bits per heavy atom. The van der Waals surface area contributed by atoms with E-state index in [4.69, 9.17) is 0 Å². The Hall–Kier alpha value is -8.26. The summed E-state index contributed by atoms with van der Waals surface area (Å²) in [5.74, 6) is 0. The third-order valence-electron chi connectivity index (χ3n) is 16.3. The van der Waals surface area contributed by atoms with Gasteiger partial charge in [-0.15, -0.1) is 0 Å². The van der Waals surface area contributed by atoms with Crippen molar-refractivity contribution in [3.63, 3.8) is 0 Å². The highest BCUT2D eigenvalue weighted by atomic mass is 15.1. The molecule has 2 aliphatic rings. The van der Waals surface area contributed by atoms with E-state index in [0.717, 1.165) is 17.1 Å². The Bertz CT molecular complexity index is 3910. The molecular weight excluding hydrogens is 879 g/mol. The lowest BCUT2D eigenvalue weighted by atomic mass is 9.67. The predicted octanol–water partition coefficient (Wildman–Crippen LogP) is 18.8. The maximum atomic E-state index is 2.51. The molecule has 1 heteroatoms. The van der Waals surface area contributed by atoms with Crippen LogP contribution in [0.2, 0.25) is 0 Å². The van der Waals surface area contributed by atoms with Crippen molar-refractivity contribution in [2.24, 2.45) is 0 Å². The number of anilines is 3. The van der Waals surface area contributed by atoms with E-state index in [2.05, 4.69) is 295 Å². The minimum absolute atomic E-state index is 0.0407. The van der Waals surface area contributed by atoms with Crippen molar-refractivity contribution in [3.05, 3.63) is 304 Å². The van der Waals surface area contributed by atoms with E-state index < -0.39 is 10.8 Å². The maximum absolute atomic E-state index is 2.51. The fourth-order valence-corrected chi connectivity index (χ4v) is 12.7. The van der Waals surface area contributed by atoms with Crippen LogP contribution in [0, 0.1) is 0 Å². The van der Waals surface area contributed by atoms with Crippen LogP contribution in [0.3, 0.4) is 0 Å². The number of hydrogen-bond donors (Lipinski definition) is 0. The minimum atomic E-state index is -0.516. The standard InChI is InChI=1S/C72H59N/c1-69(2,3)52-31-35-56(36-32-52)71(54-21-9-7-10-22-54)65-27-17-16-26-62(65)64-47-60(41-42-67(64)71)73(58-39-29-48-19-13-14-20-49(48)43-58)59-40-30-50-45-63-61-25-15-18-28-66(61)72(55-23-11-8-12-24-55,68(63)46-51(50)44-59)57-37-33-53(34-38-57)70(4,5)6/h7-47H,1-6H3. The summed E-state index contributed by atoms with van der Waals surface area (Å²) in [4.78, 5) is 2.48. The fourth-order valence-electron chi connectivity index (χ4n) is 12.7. The molecule has 0 radical (unpaired) electrons. The van der Waals surface area contributed by atoms with Crippen LogP contribution < -0.4 is 4.90 Å². The summed E-state index contributed by atoms with van der Waals surface area (Å²) in [6, 6.07) is 94.4. The molecule has 13 rings (SSSR count). The summed E-state index contributed by atoms with van der Waals surface area (Å²) in [6.07, 6.45) is 0. The molecule has 0 amide bonds. The van der Waals surface area contributed by atoms with E-state index in [1.807, 2.05) is 0 Å². The van der Waals surface area contributed by atoms with E-state index in [1.165, 1.54) is 99.4 Å². The van der Waals surface area contributed by atoms with E-state index in [0.29, 0.717) is 0 Å². The molecule has 0 bridgehead atoms. The monoisotopic (exact) mass is 937 g/mol. The maximum Gasteiger partial charge on any atom is 0.0713 e. The Kier molecular flexibility index (Phi) is 10.2. The molecule has 352 valence electrons. The molecule has 0 heterocycles.